The minimum absolute atomic E-state index is 0.00774. The van der Waals surface area contributed by atoms with E-state index in [-0.39, 0.29) is 53.9 Å². The molecule has 3 atom stereocenters. The third-order valence-electron chi connectivity index (χ3n) is 7.69. The molecule has 1 aromatic carbocycles. The number of nitrogens with zero attached hydrogens (tertiary/aromatic N) is 3. The van der Waals surface area contributed by atoms with Crippen molar-refractivity contribution >= 4 is 23.2 Å². The van der Waals surface area contributed by atoms with Crippen LogP contribution in [0, 0.1) is 33.8 Å². The lowest BCUT2D eigenvalue weighted by molar-refractivity contribution is -0.131. The highest BCUT2D eigenvalue weighted by Crippen LogP contribution is 2.34. The average molecular weight is 529 g/mol. The summed E-state index contributed by atoms with van der Waals surface area (Å²) in [5, 5.41) is 20.6. The zero-order chi connectivity index (χ0) is 27.8. The molecule has 8 nitrogen and oxygen atoms in total. The molecule has 38 heavy (non-hydrogen) atoms. The Hall–Kier alpha value is -2.98. The molecule has 0 aromatic heterocycles. The van der Waals surface area contributed by atoms with Crippen molar-refractivity contribution in [2.75, 3.05) is 39.3 Å². The number of piperazine rings is 1. The molecule has 3 saturated heterocycles. The van der Waals surface area contributed by atoms with Crippen LogP contribution in [0.15, 0.2) is 30.0 Å². The molecule has 0 aliphatic carbocycles. The molecule has 0 saturated carbocycles. The van der Waals surface area contributed by atoms with Crippen molar-refractivity contribution in [3.05, 3.63) is 47.2 Å². The van der Waals surface area contributed by atoms with E-state index in [1.807, 2.05) is 18.7 Å². The zero-order valence-electron chi connectivity index (χ0n) is 22.6. The van der Waals surface area contributed by atoms with E-state index in [4.69, 9.17) is 10.8 Å². The molecule has 4 rings (SSSR count). The molecular weight excluding hydrogens is 490 g/mol. The minimum Gasteiger partial charge on any atom is -0.341 e. The first-order chi connectivity index (χ1) is 17.8. The third kappa shape index (κ3) is 6.18. The molecule has 206 valence electrons. The lowest BCUT2D eigenvalue weighted by atomic mass is 9.89. The first-order valence-electron chi connectivity index (χ1n) is 13.2. The largest absolute Gasteiger partial charge is 0.341 e. The van der Waals surface area contributed by atoms with Crippen molar-refractivity contribution in [1.29, 1.82) is 10.8 Å². The fourth-order valence-corrected chi connectivity index (χ4v) is 5.57. The highest BCUT2D eigenvalue weighted by molar-refractivity contribution is 6.11. The van der Waals surface area contributed by atoms with E-state index in [9.17, 15) is 18.4 Å². The van der Waals surface area contributed by atoms with Gasteiger partial charge in [-0.15, -0.1) is 0 Å². The maximum Gasteiger partial charge on any atom is 0.241 e. The van der Waals surface area contributed by atoms with Gasteiger partial charge in [-0.05, 0) is 30.5 Å². The van der Waals surface area contributed by atoms with Crippen LogP contribution >= 0.6 is 0 Å². The maximum absolute atomic E-state index is 14.1. The van der Waals surface area contributed by atoms with Crippen molar-refractivity contribution in [2.24, 2.45) is 11.3 Å². The zero-order valence-corrected chi connectivity index (χ0v) is 22.6. The quantitative estimate of drug-likeness (QED) is 0.474. The van der Waals surface area contributed by atoms with Gasteiger partial charge in [0.05, 0.1) is 18.0 Å². The predicted octanol–water partition coefficient (Wildman–Crippen LogP) is 2.83. The number of carbonyl (C=O) groups is 2. The normalized spacial score (nSPS) is 27.0. The Kier molecular flexibility index (Phi) is 8.13. The van der Waals surface area contributed by atoms with E-state index < -0.39 is 17.0 Å². The minimum atomic E-state index is -0.729. The second kappa shape index (κ2) is 11.0. The molecule has 0 radical (unpaired) electrons. The Morgan fingerprint density at radius 2 is 1.97 bits per heavy atom. The molecule has 3 heterocycles. The topological polar surface area (TPSA) is 104 Å². The second-order valence-electron chi connectivity index (χ2n) is 11.7. The second-order valence-corrected chi connectivity index (χ2v) is 11.7. The Bertz CT molecular complexity index is 1170. The fourth-order valence-electron chi connectivity index (χ4n) is 5.57. The number of halogens is 2. The molecule has 3 N–H and O–H groups in total. The molecule has 0 unspecified atom stereocenters. The van der Waals surface area contributed by atoms with Gasteiger partial charge in [-0.2, -0.15) is 0 Å². The van der Waals surface area contributed by atoms with Crippen molar-refractivity contribution < 1.29 is 18.4 Å². The van der Waals surface area contributed by atoms with Gasteiger partial charge >= 0.3 is 0 Å². The van der Waals surface area contributed by atoms with E-state index in [2.05, 4.69) is 24.1 Å². The van der Waals surface area contributed by atoms with Crippen molar-refractivity contribution in [1.82, 2.24) is 20.0 Å². The van der Waals surface area contributed by atoms with Gasteiger partial charge in [0.1, 0.15) is 11.6 Å². The molecule has 3 fully saturated rings. The Balaban J connectivity index is 1.50. The van der Waals surface area contributed by atoms with E-state index in [0.717, 1.165) is 18.7 Å². The van der Waals surface area contributed by atoms with E-state index in [1.165, 1.54) is 12.1 Å². The number of likely N-dealkylation sites (tertiary alicyclic amines) is 2. The van der Waals surface area contributed by atoms with Gasteiger partial charge in [0.25, 0.3) is 0 Å². The number of nitrogens with one attached hydrogen (secondary N) is 3. The van der Waals surface area contributed by atoms with Crippen LogP contribution in [0.1, 0.15) is 39.7 Å². The first kappa shape index (κ1) is 28.0. The van der Waals surface area contributed by atoms with Gasteiger partial charge in [0.2, 0.25) is 11.8 Å². The number of hydrogen-bond donors (Lipinski definition) is 3. The average Bonchev–Trinajstić information content (AvgIpc) is 3.26. The smallest absolute Gasteiger partial charge is 0.241 e. The Labute approximate surface area is 223 Å². The van der Waals surface area contributed by atoms with E-state index in [0.29, 0.717) is 44.2 Å². The fraction of sp³-hybridized carbons (Fsp3) is 0.571. The van der Waals surface area contributed by atoms with Crippen LogP contribution in [0.4, 0.5) is 8.78 Å². The molecule has 0 bridgehead atoms. The van der Waals surface area contributed by atoms with Crippen molar-refractivity contribution in [2.45, 2.75) is 52.6 Å². The maximum atomic E-state index is 14.1. The lowest BCUT2D eigenvalue weighted by Crippen LogP contribution is -2.60. The molecule has 1 aromatic rings. The summed E-state index contributed by atoms with van der Waals surface area (Å²) in [6.07, 6.45) is 1.94. The number of hydrogen-bond acceptors (Lipinski definition) is 6. The Morgan fingerprint density at radius 3 is 2.63 bits per heavy atom. The van der Waals surface area contributed by atoms with Gasteiger partial charge < -0.3 is 25.9 Å². The number of allylic oxidation sites excluding steroid dienone is 2. The summed E-state index contributed by atoms with van der Waals surface area (Å²) >= 11 is 0. The number of carbonyl (C=O) groups excluding carboxylic acids is 2. The van der Waals surface area contributed by atoms with Crippen LogP contribution in [-0.4, -0.2) is 89.3 Å². The van der Waals surface area contributed by atoms with Crippen LogP contribution in [0.2, 0.25) is 0 Å². The van der Waals surface area contributed by atoms with Gasteiger partial charge in [-0.3, -0.25) is 14.5 Å². The van der Waals surface area contributed by atoms with Crippen LogP contribution < -0.4 is 5.32 Å². The van der Waals surface area contributed by atoms with Crippen LogP contribution in [0.5, 0.6) is 0 Å². The Morgan fingerprint density at radius 1 is 1.24 bits per heavy atom. The van der Waals surface area contributed by atoms with E-state index >= 15 is 0 Å². The SMILES string of the molecule is C[C@H]1CC(=O)N(C[C@H]2CN[C@H](C)CN2CC(=O)N2CC(C)(C)C(=N)/C2=C\C(=N)Cc2ccc(F)cc2F)C1. The molecule has 3 aliphatic rings. The van der Waals surface area contributed by atoms with Gasteiger partial charge in [0.15, 0.2) is 0 Å². The summed E-state index contributed by atoms with van der Waals surface area (Å²) in [6.45, 7) is 11.0. The van der Waals surface area contributed by atoms with E-state index in [1.54, 1.807) is 4.90 Å². The highest BCUT2D eigenvalue weighted by atomic mass is 19.1. The molecule has 0 spiro atoms. The summed E-state index contributed by atoms with van der Waals surface area (Å²) in [7, 11) is 0. The molecular formula is C28H38F2N6O2. The number of amides is 2. The number of benzene rings is 1. The summed E-state index contributed by atoms with van der Waals surface area (Å²) in [5.41, 5.74) is 0.198. The lowest BCUT2D eigenvalue weighted by Gasteiger charge is -2.41. The highest BCUT2D eigenvalue weighted by Gasteiger charge is 2.43. The summed E-state index contributed by atoms with van der Waals surface area (Å²) in [5.74, 6) is -1.10. The van der Waals surface area contributed by atoms with Gasteiger partial charge in [-0.25, -0.2) is 8.78 Å². The van der Waals surface area contributed by atoms with Crippen molar-refractivity contribution in [3.63, 3.8) is 0 Å². The molecule has 2 amide bonds. The van der Waals surface area contributed by atoms with Crippen LogP contribution in [0.3, 0.4) is 0 Å². The summed E-state index contributed by atoms with van der Waals surface area (Å²) in [4.78, 5) is 31.6. The number of rotatable bonds is 7. The van der Waals surface area contributed by atoms with Crippen molar-refractivity contribution in [3.8, 4) is 0 Å². The van der Waals surface area contributed by atoms with Gasteiger partial charge in [-0.1, -0.05) is 26.8 Å². The summed E-state index contributed by atoms with van der Waals surface area (Å²) in [6, 6.07) is 3.42. The third-order valence-corrected chi connectivity index (χ3v) is 7.69. The van der Waals surface area contributed by atoms with Crippen LogP contribution in [-0.2, 0) is 16.0 Å². The standard InChI is InChI=1S/C28H38F2N6O2/c1-17-7-25(37)35(12-17)14-22-11-33-18(2)13-34(22)15-26(38)36-16-28(3,4)27(32)24(36)10-21(31)8-19-5-6-20(29)9-23(19)30/h5-6,9-10,17-18,22,31-33H,7-8,11-16H2,1-4H3/b24-10+,31-21?,32-27?/t17-,18+,22+/m0/s1. The monoisotopic (exact) mass is 528 g/mol. The molecule has 3 aliphatic heterocycles. The van der Waals surface area contributed by atoms with Crippen LogP contribution in [0.25, 0.3) is 0 Å². The molecule has 10 heteroatoms. The predicted molar refractivity (Wildman–Crippen MR) is 142 cm³/mol. The first-order valence-corrected chi connectivity index (χ1v) is 13.2. The summed E-state index contributed by atoms with van der Waals surface area (Å²) < 4.78 is 27.4. The van der Waals surface area contributed by atoms with Gasteiger partial charge in [0, 0.05) is 74.8 Å².